The van der Waals surface area contributed by atoms with Crippen LogP contribution < -0.4 is 10.2 Å². The summed E-state index contributed by atoms with van der Waals surface area (Å²) >= 11 is 0. The molecule has 0 radical (unpaired) electrons. The Kier molecular flexibility index (Phi) is 4.13. The Labute approximate surface area is 160 Å². The van der Waals surface area contributed by atoms with Crippen molar-refractivity contribution in [3.63, 3.8) is 0 Å². The molecule has 1 aliphatic carbocycles. The van der Waals surface area contributed by atoms with Crippen molar-refractivity contribution in [3.05, 3.63) is 83.9 Å². The molecule has 0 spiro atoms. The van der Waals surface area contributed by atoms with E-state index in [1.165, 1.54) is 40.8 Å². The van der Waals surface area contributed by atoms with Crippen LogP contribution in [0.2, 0.25) is 0 Å². The number of hydrogen-bond acceptors (Lipinski definition) is 3. The van der Waals surface area contributed by atoms with E-state index < -0.39 is 0 Å². The summed E-state index contributed by atoms with van der Waals surface area (Å²) in [5.74, 6) is 0. The van der Waals surface area contributed by atoms with Gasteiger partial charge in [-0.05, 0) is 59.9 Å². The van der Waals surface area contributed by atoms with Gasteiger partial charge in [0.05, 0.1) is 0 Å². The van der Waals surface area contributed by atoms with Crippen LogP contribution in [-0.2, 0) is 6.54 Å². The predicted octanol–water partition coefficient (Wildman–Crippen LogP) is 5.32. The normalized spacial score (nSPS) is 15.5. The molecule has 3 heteroatoms. The smallest absolute Gasteiger partial charge is 0.110 e. The van der Waals surface area contributed by atoms with Crippen molar-refractivity contribution in [1.82, 2.24) is 0 Å². The first-order chi connectivity index (χ1) is 13.4. The molecule has 0 unspecified atom stereocenters. The highest BCUT2D eigenvalue weighted by Gasteiger charge is 2.31. The summed E-state index contributed by atoms with van der Waals surface area (Å²) in [7, 11) is 0. The average Bonchev–Trinajstić information content (AvgIpc) is 3.58. The number of nitrogens with zero attached hydrogens (tertiary/aromatic N) is 2. The zero-order valence-electron chi connectivity index (χ0n) is 15.3. The highest BCUT2D eigenvalue weighted by molar-refractivity contribution is 5.92. The van der Waals surface area contributed by atoms with Crippen LogP contribution in [0, 0.1) is 0 Å². The van der Waals surface area contributed by atoms with E-state index in [0.717, 1.165) is 18.9 Å². The number of nitrogens with one attached hydrogen (secondary N) is 1. The van der Waals surface area contributed by atoms with Gasteiger partial charge in [0.1, 0.15) is 6.67 Å². The average molecular weight is 353 g/mol. The predicted molar refractivity (Wildman–Crippen MR) is 114 cm³/mol. The molecule has 0 atom stereocenters. The lowest BCUT2D eigenvalue weighted by atomic mass is 9.99. The topological polar surface area (TPSA) is 27.6 Å². The van der Waals surface area contributed by atoms with Crippen LogP contribution in [0.3, 0.4) is 0 Å². The van der Waals surface area contributed by atoms with Crippen molar-refractivity contribution >= 4 is 17.6 Å². The van der Waals surface area contributed by atoms with E-state index >= 15 is 0 Å². The largest absolute Gasteiger partial charge is 0.381 e. The number of fused-ring (bicyclic) bond motifs is 1. The molecule has 5 rings (SSSR count). The molecule has 1 heterocycles. The van der Waals surface area contributed by atoms with Crippen molar-refractivity contribution in [2.24, 2.45) is 4.99 Å². The molecule has 3 nitrogen and oxygen atoms in total. The van der Waals surface area contributed by atoms with Crippen LogP contribution in [0.15, 0.2) is 77.8 Å². The minimum absolute atomic E-state index is 0.694. The number of benzene rings is 3. The monoisotopic (exact) mass is 353 g/mol. The lowest BCUT2D eigenvalue weighted by Gasteiger charge is -2.27. The van der Waals surface area contributed by atoms with Crippen molar-refractivity contribution < 1.29 is 0 Å². The fraction of sp³-hybridized carbons (Fsp3) is 0.208. The Morgan fingerprint density at radius 1 is 0.889 bits per heavy atom. The highest BCUT2D eigenvalue weighted by atomic mass is 15.3. The summed E-state index contributed by atoms with van der Waals surface area (Å²) in [6.45, 7) is 1.62. The van der Waals surface area contributed by atoms with Gasteiger partial charge in [-0.1, -0.05) is 42.5 Å². The first kappa shape index (κ1) is 16.1. The minimum Gasteiger partial charge on any atom is -0.381 e. The van der Waals surface area contributed by atoms with Crippen LogP contribution in [0.25, 0.3) is 11.1 Å². The van der Waals surface area contributed by atoms with E-state index in [9.17, 15) is 0 Å². The maximum Gasteiger partial charge on any atom is 0.110 e. The number of hydrogen-bond donors (Lipinski definition) is 1. The van der Waals surface area contributed by atoms with Gasteiger partial charge in [-0.2, -0.15) is 0 Å². The Hall–Kier alpha value is -3.07. The fourth-order valence-corrected chi connectivity index (χ4v) is 3.72. The number of anilines is 2. The van der Waals surface area contributed by atoms with Crippen molar-refractivity contribution in [1.29, 1.82) is 0 Å². The number of aliphatic imine (C=N–C) groups is 1. The molecular formula is C24H23N3. The zero-order chi connectivity index (χ0) is 18.1. The van der Waals surface area contributed by atoms with Crippen molar-refractivity contribution in [2.45, 2.75) is 25.4 Å². The Bertz CT molecular complexity index is 974. The van der Waals surface area contributed by atoms with Gasteiger partial charge in [-0.15, -0.1) is 0 Å². The van der Waals surface area contributed by atoms with Gasteiger partial charge in [0.15, 0.2) is 0 Å². The third-order valence-electron chi connectivity index (χ3n) is 5.32. The number of rotatable bonds is 5. The van der Waals surface area contributed by atoms with Gasteiger partial charge < -0.3 is 10.2 Å². The SMILES string of the molecule is C1=NCN(C2CC2)c2ccc(-c3cccc(CNc4ccccc4)c3)cc21. The van der Waals surface area contributed by atoms with E-state index in [-0.39, 0.29) is 0 Å². The second kappa shape index (κ2) is 6.92. The summed E-state index contributed by atoms with van der Waals surface area (Å²) < 4.78 is 0. The summed E-state index contributed by atoms with van der Waals surface area (Å²) in [5.41, 5.74) is 7.49. The van der Waals surface area contributed by atoms with Crippen LogP contribution in [0.4, 0.5) is 11.4 Å². The molecular weight excluding hydrogens is 330 g/mol. The van der Waals surface area contributed by atoms with Gasteiger partial charge in [-0.25, -0.2) is 0 Å². The zero-order valence-corrected chi connectivity index (χ0v) is 15.3. The molecule has 2 aliphatic rings. The number of para-hydroxylation sites is 1. The molecule has 0 aromatic heterocycles. The molecule has 134 valence electrons. The van der Waals surface area contributed by atoms with E-state index in [2.05, 4.69) is 81.9 Å². The van der Waals surface area contributed by atoms with E-state index in [4.69, 9.17) is 0 Å². The Balaban J connectivity index is 1.38. The summed E-state index contributed by atoms with van der Waals surface area (Å²) in [5, 5.41) is 3.49. The second-order valence-electron chi connectivity index (χ2n) is 7.35. The van der Waals surface area contributed by atoms with Gasteiger partial charge in [0, 0.05) is 35.7 Å². The molecule has 3 aromatic rings. The molecule has 1 saturated carbocycles. The highest BCUT2D eigenvalue weighted by Crippen LogP contribution is 2.36. The molecule has 3 aromatic carbocycles. The summed E-state index contributed by atoms with van der Waals surface area (Å²) in [6, 6.07) is 26.6. The quantitative estimate of drug-likeness (QED) is 0.672. The molecule has 0 amide bonds. The third kappa shape index (κ3) is 3.45. The fourth-order valence-electron chi connectivity index (χ4n) is 3.72. The van der Waals surface area contributed by atoms with E-state index in [1.807, 2.05) is 12.3 Å². The Morgan fingerprint density at radius 3 is 2.59 bits per heavy atom. The van der Waals surface area contributed by atoms with Gasteiger partial charge in [0.2, 0.25) is 0 Å². The minimum atomic E-state index is 0.694. The van der Waals surface area contributed by atoms with Gasteiger partial charge >= 0.3 is 0 Å². The molecule has 27 heavy (non-hydrogen) atoms. The first-order valence-electron chi connectivity index (χ1n) is 9.65. The summed E-state index contributed by atoms with van der Waals surface area (Å²) in [4.78, 5) is 7.01. The lowest BCUT2D eigenvalue weighted by molar-refractivity contribution is 0.801. The standard InChI is InChI=1S/C24H23N3/c1-2-7-22(8-3-1)26-15-18-5-4-6-19(13-18)20-9-12-24-21(14-20)16-25-17-27(24)23-10-11-23/h1-9,12-14,16,23,26H,10-11,15,17H2. The maximum absolute atomic E-state index is 4.57. The van der Waals surface area contributed by atoms with Crippen LogP contribution in [-0.4, -0.2) is 18.9 Å². The van der Waals surface area contributed by atoms with Gasteiger partial charge in [0.25, 0.3) is 0 Å². The van der Waals surface area contributed by atoms with Crippen LogP contribution in [0.5, 0.6) is 0 Å². The molecule has 0 saturated heterocycles. The second-order valence-corrected chi connectivity index (χ2v) is 7.35. The van der Waals surface area contributed by atoms with Crippen molar-refractivity contribution in [3.8, 4) is 11.1 Å². The first-order valence-corrected chi connectivity index (χ1v) is 9.65. The van der Waals surface area contributed by atoms with Crippen molar-refractivity contribution in [2.75, 3.05) is 16.9 Å². The Morgan fingerprint density at radius 2 is 1.74 bits per heavy atom. The van der Waals surface area contributed by atoms with E-state index in [1.54, 1.807) is 0 Å². The molecule has 0 bridgehead atoms. The van der Waals surface area contributed by atoms with Crippen LogP contribution >= 0.6 is 0 Å². The van der Waals surface area contributed by atoms with E-state index in [0.29, 0.717) is 6.04 Å². The lowest BCUT2D eigenvalue weighted by Crippen LogP contribution is -2.29. The molecule has 1 N–H and O–H groups in total. The maximum atomic E-state index is 4.57. The summed E-state index contributed by atoms with van der Waals surface area (Å²) in [6.07, 6.45) is 4.62. The third-order valence-corrected chi connectivity index (χ3v) is 5.32. The van der Waals surface area contributed by atoms with Gasteiger partial charge in [-0.3, -0.25) is 4.99 Å². The molecule has 1 aliphatic heterocycles. The van der Waals surface area contributed by atoms with Crippen LogP contribution in [0.1, 0.15) is 24.0 Å². The molecule has 1 fully saturated rings.